The average molecular weight is 434 g/mol. The Kier molecular flexibility index (Phi) is 8.49. The third-order valence-corrected chi connectivity index (χ3v) is 5.13. The SMILES string of the molecule is C=CC(=O)NCCCc1nc2ccccc2n1CCCOc1ccc(/C=C/C)cc1OC. The summed E-state index contributed by atoms with van der Waals surface area (Å²) in [6, 6.07) is 14.1. The van der Waals surface area contributed by atoms with Crippen LogP contribution in [0, 0.1) is 0 Å². The van der Waals surface area contributed by atoms with Gasteiger partial charge < -0.3 is 19.4 Å². The fourth-order valence-electron chi connectivity index (χ4n) is 3.60. The minimum Gasteiger partial charge on any atom is -0.493 e. The van der Waals surface area contributed by atoms with Crippen LogP contribution in [0.15, 0.2) is 61.2 Å². The number of aryl methyl sites for hydroxylation is 2. The molecule has 0 saturated heterocycles. The molecule has 1 amide bonds. The molecule has 0 unspecified atom stereocenters. The Balaban J connectivity index is 1.61. The predicted octanol–water partition coefficient (Wildman–Crippen LogP) is 4.78. The summed E-state index contributed by atoms with van der Waals surface area (Å²) in [6.07, 6.45) is 7.75. The third-order valence-electron chi connectivity index (χ3n) is 5.13. The van der Waals surface area contributed by atoms with Gasteiger partial charge in [0.2, 0.25) is 5.91 Å². The molecule has 0 atom stereocenters. The number of fused-ring (bicyclic) bond motifs is 1. The number of ether oxygens (including phenoxy) is 2. The number of benzene rings is 2. The van der Waals surface area contributed by atoms with Gasteiger partial charge >= 0.3 is 0 Å². The zero-order valence-corrected chi connectivity index (χ0v) is 18.8. The Labute approximate surface area is 189 Å². The maximum Gasteiger partial charge on any atom is 0.243 e. The van der Waals surface area contributed by atoms with Crippen LogP contribution in [0.5, 0.6) is 11.5 Å². The minimum atomic E-state index is -0.148. The van der Waals surface area contributed by atoms with Crippen molar-refractivity contribution in [1.29, 1.82) is 0 Å². The van der Waals surface area contributed by atoms with Gasteiger partial charge in [-0.05, 0) is 55.7 Å². The highest BCUT2D eigenvalue weighted by Gasteiger charge is 2.11. The molecule has 6 nitrogen and oxygen atoms in total. The van der Waals surface area contributed by atoms with Gasteiger partial charge in [-0.3, -0.25) is 4.79 Å². The third kappa shape index (κ3) is 6.00. The number of carbonyl (C=O) groups excluding carboxylic acids is 1. The first-order valence-electron chi connectivity index (χ1n) is 10.9. The number of allylic oxidation sites excluding steroid dienone is 1. The number of nitrogens with zero attached hydrogens (tertiary/aromatic N) is 2. The van der Waals surface area contributed by atoms with Gasteiger partial charge in [-0.25, -0.2) is 4.98 Å². The number of aromatic nitrogens is 2. The van der Waals surface area contributed by atoms with Gasteiger partial charge in [0.1, 0.15) is 5.82 Å². The van der Waals surface area contributed by atoms with Crippen molar-refractivity contribution in [2.45, 2.75) is 32.7 Å². The summed E-state index contributed by atoms with van der Waals surface area (Å²) < 4.78 is 13.7. The molecule has 1 heterocycles. The normalized spacial score (nSPS) is 11.1. The molecule has 2 aromatic carbocycles. The molecule has 0 spiro atoms. The number of imidazole rings is 1. The van der Waals surface area contributed by atoms with Gasteiger partial charge in [-0.2, -0.15) is 0 Å². The van der Waals surface area contributed by atoms with Crippen molar-refractivity contribution in [1.82, 2.24) is 14.9 Å². The summed E-state index contributed by atoms with van der Waals surface area (Å²) in [5, 5.41) is 2.82. The molecule has 32 heavy (non-hydrogen) atoms. The zero-order valence-electron chi connectivity index (χ0n) is 18.8. The summed E-state index contributed by atoms with van der Waals surface area (Å²) in [4.78, 5) is 16.1. The molecule has 0 fully saturated rings. The van der Waals surface area contributed by atoms with Crippen LogP contribution in [-0.2, 0) is 17.8 Å². The van der Waals surface area contributed by atoms with Crippen LogP contribution in [0.2, 0.25) is 0 Å². The van der Waals surface area contributed by atoms with E-state index >= 15 is 0 Å². The molecule has 1 N–H and O–H groups in total. The zero-order chi connectivity index (χ0) is 22.8. The van der Waals surface area contributed by atoms with Gasteiger partial charge in [0.05, 0.1) is 24.8 Å². The Hall–Kier alpha value is -3.54. The van der Waals surface area contributed by atoms with E-state index < -0.39 is 0 Å². The van der Waals surface area contributed by atoms with Crippen molar-refractivity contribution < 1.29 is 14.3 Å². The van der Waals surface area contributed by atoms with Crippen LogP contribution >= 0.6 is 0 Å². The van der Waals surface area contributed by atoms with Crippen LogP contribution in [0.1, 0.15) is 31.2 Å². The first kappa shape index (κ1) is 23.1. The largest absolute Gasteiger partial charge is 0.493 e. The van der Waals surface area contributed by atoms with Crippen LogP contribution < -0.4 is 14.8 Å². The monoisotopic (exact) mass is 433 g/mol. The Morgan fingerprint density at radius 1 is 1.19 bits per heavy atom. The molecule has 1 aromatic heterocycles. The number of amides is 1. The fraction of sp³-hybridized carbons (Fsp3) is 0.308. The molecule has 0 radical (unpaired) electrons. The van der Waals surface area contributed by atoms with Gasteiger partial charge in [0, 0.05) is 19.5 Å². The molecule has 0 aliphatic carbocycles. The van der Waals surface area contributed by atoms with E-state index in [1.165, 1.54) is 6.08 Å². The Morgan fingerprint density at radius 2 is 2.03 bits per heavy atom. The number of para-hydroxylation sites is 2. The van der Waals surface area contributed by atoms with E-state index in [0.29, 0.717) is 13.2 Å². The predicted molar refractivity (Wildman–Crippen MR) is 129 cm³/mol. The number of methoxy groups -OCH3 is 1. The molecule has 3 rings (SSSR count). The fourth-order valence-corrected chi connectivity index (χ4v) is 3.60. The lowest BCUT2D eigenvalue weighted by molar-refractivity contribution is -0.116. The standard InChI is InChI=1S/C26H31N3O3/c1-4-10-20-14-15-23(24(19-20)31-3)32-18-9-17-29-22-12-7-6-11-21(22)28-25(29)13-8-16-27-26(30)5-2/h4-7,10-12,14-15,19H,2,8-9,13,16-18H2,1,3H3,(H,27,30)/b10-4+. The molecule has 168 valence electrons. The number of hydrogen-bond donors (Lipinski definition) is 1. The number of hydrogen-bond acceptors (Lipinski definition) is 4. The average Bonchev–Trinajstić information content (AvgIpc) is 3.17. The number of carbonyl (C=O) groups is 1. The van der Waals surface area contributed by atoms with E-state index in [1.54, 1.807) is 7.11 Å². The maximum absolute atomic E-state index is 11.3. The van der Waals surface area contributed by atoms with Crippen LogP contribution in [0.3, 0.4) is 0 Å². The van der Waals surface area contributed by atoms with Gasteiger partial charge in [-0.1, -0.05) is 36.9 Å². The molecule has 0 saturated carbocycles. The second-order valence-corrected chi connectivity index (χ2v) is 7.38. The highest BCUT2D eigenvalue weighted by molar-refractivity contribution is 5.86. The lowest BCUT2D eigenvalue weighted by atomic mass is 10.2. The quantitative estimate of drug-likeness (QED) is 0.330. The van der Waals surface area contributed by atoms with Crippen molar-refractivity contribution >= 4 is 23.0 Å². The summed E-state index contributed by atoms with van der Waals surface area (Å²) in [7, 11) is 1.66. The first-order valence-corrected chi connectivity index (χ1v) is 10.9. The molecule has 6 heteroatoms. The molecule has 0 aliphatic rings. The van der Waals surface area contributed by atoms with Crippen molar-refractivity contribution in [3.8, 4) is 11.5 Å². The second-order valence-electron chi connectivity index (χ2n) is 7.38. The Bertz CT molecular complexity index is 1090. The topological polar surface area (TPSA) is 65.4 Å². The Morgan fingerprint density at radius 3 is 2.81 bits per heavy atom. The maximum atomic E-state index is 11.3. The lowest BCUT2D eigenvalue weighted by Gasteiger charge is -2.13. The summed E-state index contributed by atoms with van der Waals surface area (Å²) in [5.41, 5.74) is 3.18. The second kappa shape index (κ2) is 11.7. The van der Waals surface area contributed by atoms with Crippen LogP contribution in [0.25, 0.3) is 17.1 Å². The molecule has 3 aromatic rings. The molecular formula is C26H31N3O3. The summed E-state index contributed by atoms with van der Waals surface area (Å²) in [5.74, 6) is 2.35. The van der Waals surface area contributed by atoms with Crippen LogP contribution in [-0.4, -0.2) is 35.7 Å². The van der Waals surface area contributed by atoms with Crippen molar-refractivity contribution in [2.24, 2.45) is 0 Å². The van der Waals surface area contributed by atoms with E-state index in [9.17, 15) is 4.79 Å². The molecule has 0 aliphatic heterocycles. The summed E-state index contributed by atoms with van der Waals surface area (Å²) >= 11 is 0. The van der Waals surface area contributed by atoms with Gasteiger partial charge in [0.15, 0.2) is 11.5 Å². The van der Waals surface area contributed by atoms with Crippen molar-refractivity contribution in [3.63, 3.8) is 0 Å². The van der Waals surface area contributed by atoms with E-state index in [4.69, 9.17) is 14.5 Å². The van der Waals surface area contributed by atoms with Crippen molar-refractivity contribution in [2.75, 3.05) is 20.3 Å². The number of nitrogens with one attached hydrogen (secondary N) is 1. The van der Waals surface area contributed by atoms with Crippen LogP contribution in [0.4, 0.5) is 0 Å². The van der Waals surface area contributed by atoms with Crippen molar-refractivity contribution in [3.05, 3.63) is 72.6 Å². The smallest absolute Gasteiger partial charge is 0.243 e. The molecular weight excluding hydrogens is 402 g/mol. The van der Waals surface area contributed by atoms with E-state index in [-0.39, 0.29) is 5.91 Å². The van der Waals surface area contributed by atoms with E-state index in [0.717, 1.165) is 59.7 Å². The van der Waals surface area contributed by atoms with E-state index in [1.807, 2.05) is 55.5 Å². The minimum absolute atomic E-state index is 0.148. The van der Waals surface area contributed by atoms with Gasteiger partial charge in [0.25, 0.3) is 0 Å². The van der Waals surface area contributed by atoms with Gasteiger partial charge in [-0.15, -0.1) is 0 Å². The highest BCUT2D eigenvalue weighted by Crippen LogP contribution is 2.29. The van der Waals surface area contributed by atoms with E-state index in [2.05, 4.69) is 22.5 Å². The molecule has 0 bridgehead atoms. The summed E-state index contributed by atoms with van der Waals surface area (Å²) in [6.45, 7) is 7.43. The first-order chi connectivity index (χ1) is 15.7. The highest BCUT2D eigenvalue weighted by atomic mass is 16.5. The number of rotatable bonds is 12. The lowest BCUT2D eigenvalue weighted by Crippen LogP contribution is -2.22.